The van der Waals surface area contributed by atoms with Gasteiger partial charge < -0.3 is 15.5 Å². The molecule has 0 aliphatic heterocycles. The van der Waals surface area contributed by atoms with Gasteiger partial charge in [-0.05, 0) is 26.2 Å². The fraction of sp³-hybridized carbons (Fsp3) is 1.00. The Morgan fingerprint density at radius 1 is 1.64 bits per heavy atom. The fourth-order valence-corrected chi connectivity index (χ4v) is 1.71. The lowest BCUT2D eigenvalue weighted by atomic mass is 10.0. The number of rotatable bonds is 3. The Hall–Kier alpha value is -0.120. The van der Waals surface area contributed by atoms with Crippen LogP contribution >= 0.6 is 0 Å². The Balaban J connectivity index is 2.32. The summed E-state index contributed by atoms with van der Waals surface area (Å²) >= 11 is 0. The Bertz CT molecular complexity index is 125. The molecule has 0 radical (unpaired) electrons. The third kappa shape index (κ3) is 2.15. The van der Waals surface area contributed by atoms with E-state index in [0.717, 1.165) is 19.3 Å². The molecule has 0 aromatic heterocycles. The summed E-state index contributed by atoms with van der Waals surface area (Å²) in [7, 11) is 0. The molecule has 3 heteroatoms. The molecule has 1 aliphatic carbocycles. The molecular formula is C8H17NO2. The second kappa shape index (κ2) is 3.52. The lowest BCUT2D eigenvalue weighted by molar-refractivity contribution is 0.0380. The van der Waals surface area contributed by atoms with Crippen molar-refractivity contribution in [2.24, 2.45) is 0 Å². The second-order valence-electron chi connectivity index (χ2n) is 3.48. The van der Waals surface area contributed by atoms with Gasteiger partial charge in [0.15, 0.2) is 0 Å². The maximum absolute atomic E-state index is 9.74. The zero-order valence-corrected chi connectivity index (χ0v) is 7.01. The first kappa shape index (κ1) is 8.97. The SMILES string of the molecule is CC1(O)CCCC1NCCO. The molecule has 1 rings (SSSR count). The Morgan fingerprint density at radius 2 is 2.36 bits per heavy atom. The highest BCUT2D eigenvalue weighted by Crippen LogP contribution is 2.28. The lowest BCUT2D eigenvalue weighted by Crippen LogP contribution is -2.45. The maximum Gasteiger partial charge on any atom is 0.0772 e. The van der Waals surface area contributed by atoms with Crippen LogP contribution in [-0.4, -0.2) is 35.0 Å². The van der Waals surface area contributed by atoms with Gasteiger partial charge in [0, 0.05) is 12.6 Å². The topological polar surface area (TPSA) is 52.5 Å². The van der Waals surface area contributed by atoms with E-state index in [1.54, 1.807) is 0 Å². The van der Waals surface area contributed by atoms with E-state index < -0.39 is 5.60 Å². The van der Waals surface area contributed by atoms with E-state index in [-0.39, 0.29) is 12.6 Å². The highest BCUT2D eigenvalue weighted by Gasteiger charge is 2.35. The third-order valence-electron chi connectivity index (χ3n) is 2.43. The monoisotopic (exact) mass is 159 g/mol. The summed E-state index contributed by atoms with van der Waals surface area (Å²) in [5.41, 5.74) is -0.560. The lowest BCUT2D eigenvalue weighted by Gasteiger charge is -2.26. The molecule has 66 valence electrons. The summed E-state index contributed by atoms with van der Waals surface area (Å²) in [5.74, 6) is 0. The molecule has 0 heterocycles. The highest BCUT2D eigenvalue weighted by atomic mass is 16.3. The number of nitrogens with one attached hydrogen (secondary N) is 1. The quantitative estimate of drug-likeness (QED) is 0.538. The molecule has 3 nitrogen and oxygen atoms in total. The molecule has 0 bridgehead atoms. The standard InChI is InChI=1S/C8H17NO2/c1-8(11)4-2-3-7(8)9-5-6-10/h7,9-11H,2-6H2,1H3. The summed E-state index contributed by atoms with van der Waals surface area (Å²) in [6, 6.07) is 0.176. The third-order valence-corrected chi connectivity index (χ3v) is 2.43. The van der Waals surface area contributed by atoms with Gasteiger partial charge in [0.05, 0.1) is 12.2 Å². The summed E-state index contributed by atoms with van der Waals surface area (Å²) in [4.78, 5) is 0. The van der Waals surface area contributed by atoms with Crippen LogP contribution in [0.25, 0.3) is 0 Å². The minimum absolute atomic E-state index is 0.145. The molecule has 0 aromatic carbocycles. The number of hydrogen-bond acceptors (Lipinski definition) is 3. The van der Waals surface area contributed by atoms with Crippen LogP contribution in [0.4, 0.5) is 0 Å². The summed E-state index contributed by atoms with van der Waals surface area (Å²) in [5, 5.41) is 21.4. The first-order valence-corrected chi connectivity index (χ1v) is 4.23. The Labute approximate surface area is 67.4 Å². The van der Waals surface area contributed by atoms with E-state index >= 15 is 0 Å². The van der Waals surface area contributed by atoms with E-state index in [1.807, 2.05) is 6.92 Å². The second-order valence-corrected chi connectivity index (χ2v) is 3.48. The molecule has 2 unspecified atom stereocenters. The van der Waals surface area contributed by atoms with Gasteiger partial charge in [0.25, 0.3) is 0 Å². The minimum atomic E-state index is -0.560. The average Bonchev–Trinajstić information content (AvgIpc) is 2.25. The molecule has 0 amide bonds. The summed E-state index contributed by atoms with van der Waals surface area (Å²) in [6.07, 6.45) is 2.97. The Morgan fingerprint density at radius 3 is 2.82 bits per heavy atom. The number of aliphatic hydroxyl groups excluding tert-OH is 1. The van der Waals surface area contributed by atoms with Crippen molar-refractivity contribution in [2.45, 2.75) is 37.8 Å². The van der Waals surface area contributed by atoms with Crippen molar-refractivity contribution in [3.05, 3.63) is 0 Å². The molecule has 2 atom stereocenters. The van der Waals surface area contributed by atoms with Gasteiger partial charge in [-0.3, -0.25) is 0 Å². The van der Waals surface area contributed by atoms with Crippen LogP contribution in [0.3, 0.4) is 0 Å². The van der Waals surface area contributed by atoms with Crippen LogP contribution in [0.15, 0.2) is 0 Å². The zero-order valence-electron chi connectivity index (χ0n) is 7.01. The van der Waals surface area contributed by atoms with Crippen molar-refractivity contribution in [3.63, 3.8) is 0 Å². The molecule has 0 saturated heterocycles. The van der Waals surface area contributed by atoms with E-state index in [0.29, 0.717) is 6.54 Å². The fourth-order valence-electron chi connectivity index (χ4n) is 1.71. The van der Waals surface area contributed by atoms with E-state index in [2.05, 4.69) is 5.32 Å². The van der Waals surface area contributed by atoms with Gasteiger partial charge in [0.2, 0.25) is 0 Å². The van der Waals surface area contributed by atoms with E-state index in [1.165, 1.54) is 0 Å². The molecule has 1 aliphatic rings. The normalized spacial score (nSPS) is 37.9. The zero-order chi connectivity index (χ0) is 8.32. The van der Waals surface area contributed by atoms with Crippen molar-refractivity contribution < 1.29 is 10.2 Å². The molecule has 11 heavy (non-hydrogen) atoms. The Kier molecular flexibility index (Phi) is 2.87. The van der Waals surface area contributed by atoms with Crippen molar-refractivity contribution in [1.29, 1.82) is 0 Å². The van der Waals surface area contributed by atoms with Crippen molar-refractivity contribution >= 4 is 0 Å². The predicted molar refractivity (Wildman–Crippen MR) is 43.4 cm³/mol. The van der Waals surface area contributed by atoms with Crippen LogP contribution in [0.1, 0.15) is 26.2 Å². The molecular weight excluding hydrogens is 142 g/mol. The van der Waals surface area contributed by atoms with Gasteiger partial charge in [-0.1, -0.05) is 0 Å². The van der Waals surface area contributed by atoms with Crippen LogP contribution in [0, 0.1) is 0 Å². The van der Waals surface area contributed by atoms with Crippen molar-refractivity contribution in [2.75, 3.05) is 13.2 Å². The van der Waals surface area contributed by atoms with Crippen molar-refractivity contribution in [3.8, 4) is 0 Å². The van der Waals surface area contributed by atoms with Crippen LogP contribution < -0.4 is 5.32 Å². The predicted octanol–water partition coefficient (Wildman–Crippen LogP) is -0.128. The van der Waals surface area contributed by atoms with Crippen molar-refractivity contribution in [1.82, 2.24) is 5.32 Å². The maximum atomic E-state index is 9.74. The van der Waals surface area contributed by atoms with E-state index in [4.69, 9.17) is 5.11 Å². The minimum Gasteiger partial charge on any atom is -0.395 e. The van der Waals surface area contributed by atoms with Gasteiger partial charge >= 0.3 is 0 Å². The van der Waals surface area contributed by atoms with Crippen LogP contribution in [0.2, 0.25) is 0 Å². The van der Waals surface area contributed by atoms with E-state index in [9.17, 15) is 5.11 Å². The van der Waals surface area contributed by atoms with Gasteiger partial charge in [-0.15, -0.1) is 0 Å². The summed E-state index contributed by atoms with van der Waals surface area (Å²) in [6.45, 7) is 2.59. The van der Waals surface area contributed by atoms with Gasteiger partial charge in [-0.25, -0.2) is 0 Å². The first-order chi connectivity index (χ1) is 5.17. The smallest absolute Gasteiger partial charge is 0.0772 e. The van der Waals surface area contributed by atoms with Crippen LogP contribution in [0.5, 0.6) is 0 Å². The molecule has 0 spiro atoms. The largest absolute Gasteiger partial charge is 0.395 e. The van der Waals surface area contributed by atoms with Crippen LogP contribution in [-0.2, 0) is 0 Å². The van der Waals surface area contributed by atoms with Gasteiger partial charge in [-0.2, -0.15) is 0 Å². The molecule has 3 N–H and O–H groups in total. The number of aliphatic hydroxyl groups is 2. The average molecular weight is 159 g/mol. The summed E-state index contributed by atoms with van der Waals surface area (Å²) < 4.78 is 0. The van der Waals surface area contributed by atoms with Gasteiger partial charge in [0.1, 0.15) is 0 Å². The number of hydrogen-bond donors (Lipinski definition) is 3. The molecule has 1 saturated carbocycles. The first-order valence-electron chi connectivity index (χ1n) is 4.23. The molecule has 1 fully saturated rings. The highest BCUT2D eigenvalue weighted by molar-refractivity contribution is 4.93. The molecule has 0 aromatic rings.